The molecule has 2 aliphatic rings. The third kappa shape index (κ3) is 4.37. The Bertz CT molecular complexity index is 1160. The van der Waals surface area contributed by atoms with Gasteiger partial charge in [-0.1, -0.05) is 60.1 Å². The van der Waals surface area contributed by atoms with Crippen LogP contribution in [0.25, 0.3) is 11.4 Å². The Labute approximate surface area is 197 Å². The van der Waals surface area contributed by atoms with Gasteiger partial charge in [0, 0.05) is 22.5 Å². The maximum absolute atomic E-state index is 13.1. The molecule has 2 fully saturated rings. The van der Waals surface area contributed by atoms with Crippen molar-refractivity contribution in [3.8, 4) is 11.4 Å². The van der Waals surface area contributed by atoms with E-state index in [9.17, 15) is 9.59 Å². The molecule has 5 rings (SSSR count). The minimum Gasteiger partial charge on any atom is -0.339 e. The van der Waals surface area contributed by atoms with Crippen LogP contribution in [-0.2, 0) is 17.8 Å². The van der Waals surface area contributed by atoms with Gasteiger partial charge in [0.2, 0.25) is 17.6 Å². The first-order valence-corrected chi connectivity index (χ1v) is 11.7. The first-order chi connectivity index (χ1) is 16.0. The zero-order valence-corrected chi connectivity index (χ0v) is 19.1. The molecule has 1 aromatic heterocycles. The van der Waals surface area contributed by atoms with Crippen molar-refractivity contribution in [1.82, 2.24) is 20.4 Å². The lowest BCUT2D eigenvalue weighted by Crippen LogP contribution is -2.60. The highest BCUT2D eigenvalue weighted by Gasteiger charge is 2.45. The van der Waals surface area contributed by atoms with E-state index in [2.05, 4.69) is 34.5 Å². The fourth-order valence-corrected chi connectivity index (χ4v) is 4.84. The van der Waals surface area contributed by atoms with E-state index >= 15 is 0 Å². The number of hydrogen-bond acceptors (Lipinski definition) is 5. The standard InChI is InChI=1S/C25H25ClN4O3/c1-2-15-3-7-17(8-4-15)22-28-23(33-29-22)18-9-12-20-21(13-18)27-25(32)30(24(20)31)14-16-5-10-19(26)11-6-16/h3-8,10-11,18,20-21H,2,9,12-14H2,1H3,(H,27,32). The van der Waals surface area contributed by atoms with Gasteiger partial charge in [-0.3, -0.25) is 9.69 Å². The summed E-state index contributed by atoms with van der Waals surface area (Å²) in [5, 5.41) is 7.81. The van der Waals surface area contributed by atoms with Crippen molar-refractivity contribution >= 4 is 23.5 Å². The van der Waals surface area contributed by atoms with Crippen LogP contribution >= 0.6 is 11.6 Å². The highest BCUT2D eigenvalue weighted by Crippen LogP contribution is 2.38. The van der Waals surface area contributed by atoms with Crippen molar-refractivity contribution in [3.05, 3.63) is 70.6 Å². The van der Waals surface area contributed by atoms with E-state index in [4.69, 9.17) is 16.1 Å². The first-order valence-electron chi connectivity index (χ1n) is 11.3. The molecular weight excluding hydrogens is 440 g/mol. The molecule has 3 unspecified atom stereocenters. The number of aromatic nitrogens is 2. The van der Waals surface area contributed by atoms with Crippen LogP contribution < -0.4 is 5.32 Å². The largest absolute Gasteiger partial charge is 0.339 e. The zero-order valence-electron chi connectivity index (χ0n) is 18.3. The van der Waals surface area contributed by atoms with Crippen LogP contribution in [0.3, 0.4) is 0 Å². The van der Waals surface area contributed by atoms with Crippen LogP contribution in [0.1, 0.15) is 49.1 Å². The quantitative estimate of drug-likeness (QED) is 0.576. The van der Waals surface area contributed by atoms with Gasteiger partial charge >= 0.3 is 6.03 Å². The molecule has 0 spiro atoms. The SMILES string of the molecule is CCc1ccc(-c2noc(C3CCC4C(=O)N(Cc5ccc(Cl)cc5)C(=O)NC4C3)n2)cc1. The first kappa shape index (κ1) is 21.6. The molecule has 3 aromatic rings. The second-order valence-corrected chi connectivity index (χ2v) is 9.17. The molecule has 1 N–H and O–H groups in total. The molecule has 1 aliphatic carbocycles. The summed E-state index contributed by atoms with van der Waals surface area (Å²) in [7, 11) is 0. The molecule has 33 heavy (non-hydrogen) atoms. The Balaban J connectivity index is 1.26. The van der Waals surface area contributed by atoms with Gasteiger partial charge in [-0.25, -0.2) is 4.79 Å². The summed E-state index contributed by atoms with van der Waals surface area (Å²) in [5.41, 5.74) is 3.03. The maximum Gasteiger partial charge on any atom is 0.324 e. The molecule has 2 aromatic carbocycles. The minimum absolute atomic E-state index is 0.0123. The average molecular weight is 465 g/mol. The Morgan fingerprint density at radius 2 is 1.79 bits per heavy atom. The van der Waals surface area contributed by atoms with Gasteiger partial charge in [0.1, 0.15) is 0 Å². The number of hydrogen-bond donors (Lipinski definition) is 1. The van der Waals surface area contributed by atoms with E-state index in [0.717, 1.165) is 24.0 Å². The molecule has 1 aliphatic heterocycles. The number of carbonyl (C=O) groups excluding carboxylic acids is 2. The molecule has 7 nitrogen and oxygen atoms in total. The number of nitrogens with one attached hydrogen (secondary N) is 1. The number of carbonyl (C=O) groups is 2. The number of amides is 3. The summed E-state index contributed by atoms with van der Waals surface area (Å²) in [6, 6.07) is 14.7. The monoisotopic (exact) mass is 464 g/mol. The normalized spacial score (nSPS) is 22.7. The maximum atomic E-state index is 13.1. The number of fused-ring (bicyclic) bond motifs is 1. The fourth-order valence-electron chi connectivity index (χ4n) is 4.72. The van der Waals surface area contributed by atoms with Crippen LogP contribution in [0.15, 0.2) is 53.1 Å². The summed E-state index contributed by atoms with van der Waals surface area (Å²) in [4.78, 5) is 31.8. The predicted octanol–water partition coefficient (Wildman–Crippen LogP) is 4.96. The molecule has 0 bridgehead atoms. The minimum atomic E-state index is -0.362. The second kappa shape index (κ2) is 8.98. The van der Waals surface area contributed by atoms with E-state index in [1.54, 1.807) is 12.1 Å². The molecule has 1 saturated carbocycles. The van der Waals surface area contributed by atoms with Gasteiger partial charge in [0.05, 0.1) is 12.5 Å². The Hall–Kier alpha value is -3.19. The Kier molecular flexibility index (Phi) is 5.89. The van der Waals surface area contributed by atoms with Crippen LogP contribution in [0.5, 0.6) is 0 Å². The van der Waals surface area contributed by atoms with E-state index in [-0.39, 0.29) is 36.4 Å². The van der Waals surface area contributed by atoms with Gasteiger partial charge in [0.25, 0.3) is 0 Å². The molecule has 8 heteroatoms. The number of nitrogens with zero attached hydrogens (tertiary/aromatic N) is 3. The predicted molar refractivity (Wildman–Crippen MR) is 124 cm³/mol. The third-order valence-corrected chi connectivity index (χ3v) is 6.90. The molecule has 3 amide bonds. The Morgan fingerprint density at radius 3 is 2.52 bits per heavy atom. The van der Waals surface area contributed by atoms with Gasteiger partial charge < -0.3 is 9.84 Å². The van der Waals surface area contributed by atoms with Crippen LogP contribution in [-0.4, -0.2) is 33.0 Å². The second-order valence-electron chi connectivity index (χ2n) is 8.73. The van der Waals surface area contributed by atoms with Gasteiger partial charge in [-0.15, -0.1) is 0 Å². The summed E-state index contributed by atoms with van der Waals surface area (Å²) in [6.45, 7) is 2.35. The highest BCUT2D eigenvalue weighted by molar-refractivity contribution is 6.30. The number of halogens is 1. The number of imide groups is 1. The average Bonchev–Trinajstić information content (AvgIpc) is 3.33. The van der Waals surface area contributed by atoms with E-state index in [0.29, 0.717) is 29.6 Å². The summed E-state index contributed by atoms with van der Waals surface area (Å²) < 4.78 is 5.58. The van der Waals surface area contributed by atoms with Crippen molar-refractivity contribution in [3.63, 3.8) is 0 Å². The number of urea groups is 1. The van der Waals surface area contributed by atoms with Gasteiger partial charge in [0.15, 0.2) is 0 Å². The lowest BCUT2D eigenvalue weighted by atomic mass is 9.76. The highest BCUT2D eigenvalue weighted by atomic mass is 35.5. The number of aryl methyl sites for hydroxylation is 1. The molecule has 170 valence electrons. The summed E-state index contributed by atoms with van der Waals surface area (Å²) in [5.74, 6) is 0.772. The van der Waals surface area contributed by atoms with Crippen molar-refractivity contribution < 1.29 is 14.1 Å². The van der Waals surface area contributed by atoms with E-state index in [1.807, 2.05) is 24.3 Å². The molecule has 0 radical (unpaired) electrons. The summed E-state index contributed by atoms with van der Waals surface area (Å²) in [6.07, 6.45) is 3.00. The topological polar surface area (TPSA) is 88.3 Å². The molecule has 1 saturated heterocycles. The fraction of sp³-hybridized carbons (Fsp3) is 0.360. The smallest absolute Gasteiger partial charge is 0.324 e. The van der Waals surface area contributed by atoms with Crippen molar-refractivity contribution in [1.29, 1.82) is 0 Å². The van der Waals surface area contributed by atoms with Crippen LogP contribution in [0, 0.1) is 5.92 Å². The molecule has 2 heterocycles. The Morgan fingerprint density at radius 1 is 1.06 bits per heavy atom. The number of rotatable bonds is 5. The number of benzene rings is 2. The lowest BCUT2D eigenvalue weighted by molar-refractivity contribution is -0.137. The van der Waals surface area contributed by atoms with Crippen molar-refractivity contribution in [2.45, 2.75) is 51.1 Å². The zero-order chi connectivity index (χ0) is 22.9. The lowest BCUT2D eigenvalue weighted by Gasteiger charge is -2.41. The van der Waals surface area contributed by atoms with Crippen molar-refractivity contribution in [2.75, 3.05) is 0 Å². The summed E-state index contributed by atoms with van der Waals surface area (Å²) >= 11 is 5.94. The van der Waals surface area contributed by atoms with Crippen LogP contribution in [0.4, 0.5) is 4.79 Å². The van der Waals surface area contributed by atoms with E-state index in [1.165, 1.54) is 10.5 Å². The van der Waals surface area contributed by atoms with Gasteiger partial charge in [-0.2, -0.15) is 4.98 Å². The van der Waals surface area contributed by atoms with Crippen LogP contribution in [0.2, 0.25) is 5.02 Å². The van der Waals surface area contributed by atoms with Gasteiger partial charge in [-0.05, 0) is 48.9 Å². The van der Waals surface area contributed by atoms with E-state index < -0.39 is 0 Å². The van der Waals surface area contributed by atoms with Crippen molar-refractivity contribution in [2.24, 2.45) is 5.92 Å². The molecule has 3 atom stereocenters. The molecular formula is C25H25ClN4O3. The third-order valence-electron chi connectivity index (χ3n) is 6.65.